The number of fused-ring (bicyclic) bond motifs is 6. The van der Waals surface area contributed by atoms with Crippen molar-refractivity contribution in [3.63, 3.8) is 0 Å². The number of halogens is 2. The summed E-state index contributed by atoms with van der Waals surface area (Å²) in [5.74, 6) is 1.11. The van der Waals surface area contributed by atoms with Gasteiger partial charge < -0.3 is 59.6 Å². The zero-order valence-corrected chi connectivity index (χ0v) is 24.2. The topological polar surface area (TPSA) is 87.0 Å². The van der Waals surface area contributed by atoms with Crippen LogP contribution in [0.5, 0.6) is 0 Å². The molecule has 0 saturated heterocycles. The van der Waals surface area contributed by atoms with Crippen LogP contribution in [0.25, 0.3) is 22.9 Å². The monoisotopic (exact) mass is 614 g/mol. The summed E-state index contributed by atoms with van der Waals surface area (Å²) in [6.07, 6.45) is 0. The van der Waals surface area contributed by atoms with E-state index in [1.54, 1.807) is 0 Å². The predicted octanol–water partition coefficient (Wildman–Crippen LogP) is -4.22. The van der Waals surface area contributed by atoms with Gasteiger partial charge in [0.2, 0.25) is 11.8 Å². The van der Waals surface area contributed by atoms with Crippen LogP contribution in [-0.2, 0) is 32.6 Å². The van der Waals surface area contributed by atoms with Crippen molar-refractivity contribution in [2.75, 3.05) is 39.3 Å². The molecule has 0 radical (unpaired) electrons. The molecule has 1 aliphatic rings. The molecule has 0 unspecified atom stereocenters. The summed E-state index contributed by atoms with van der Waals surface area (Å²) in [5, 5.41) is 22.6. The van der Waals surface area contributed by atoms with Crippen LogP contribution < -0.4 is 55.2 Å². The first-order chi connectivity index (χ1) is 14.4. The third-order valence-electron chi connectivity index (χ3n) is 4.99. The fraction of sp³-hybridized carbons (Fsp3) is 0.364. The summed E-state index contributed by atoms with van der Waals surface area (Å²) in [6, 6.07) is 16.4. The van der Waals surface area contributed by atoms with E-state index in [-0.39, 0.29) is 53.4 Å². The maximum atomic E-state index is 6.10. The Bertz CT molecular complexity index is 855. The number of benzene rings is 2. The zero-order valence-electron chi connectivity index (χ0n) is 18.0. The van der Waals surface area contributed by atoms with Gasteiger partial charge >= 0.3 is 19.5 Å². The van der Waals surface area contributed by atoms with Crippen molar-refractivity contribution in [3.05, 3.63) is 59.7 Å². The molecule has 1 aliphatic heterocycles. The number of aromatic nitrogens is 2. The molecule has 10 heteroatoms. The molecule has 2 bridgehead atoms. The van der Waals surface area contributed by atoms with Crippen molar-refractivity contribution in [1.29, 1.82) is 0 Å². The molecule has 0 spiro atoms. The Labute approximate surface area is 223 Å². The van der Waals surface area contributed by atoms with Gasteiger partial charge in [0.15, 0.2) is 0 Å². The number of nitrogens with one attached hydrogen (secondary N) is 4. The summed E-state index contributed by atoms with van der Waals surface area (Å²) >= 11 is 0. The summed E-state index contributed by atoms with van der Waals surface area (Å²) in [7, 11) is 0. The summed E-state index contributed by atoms with van der Waals surface area (Å²) in [4.78, 5) is 0. The average molecular weight is 618 g/mol. The molecular formula is C22H28Br2N6OZn. The van der Waals surface area contributed by atoms with Crippen molar-refractivity contribution in [2.45, 2.75) is 13.1 Å². The minimum Gasteiger partial charge on any atom is -1.00 e. The van der Waals surface area contributed by atoms with Gasteiger partial charge in [0.05, 0.1) is 0 Å². The van der Waals surface area contributed by atoms with E-state index in [0.717, 1.165) is 74.6 Å². The first-order valence-corrected chi connectivity index (χ1v) is 10.2. The molecule has 0 saturated carbocycles. The largest absolute Gasteiger partial charge is 2.00 e. The molecule has 0 amide bonds. The normalized spacial score (nSPS) is 15.1. The molecular weight excluding hydrogens is 589 g/mol. The first-order valence-electron chi connectivity index (χ1n) is 10.2. The van der Waals surface area contributed by atoms with E-state index in [9.17, 15) is 0 Å². The van der Waals surface area contributed by atoms with Gasteiger partial charge in [-0.2, -0.15) is 0 Å². The van der Waals surface area contributed by atoms with Gasteiger partial charge in [0, 0.05) is 63.5 Å². The van der Waals surface area contributed by atoms with Gasteiger partial charge in [-0.1, -0.05) is 36.4 Å². The van der Waals surface area contributed by atoms with Crippen LogP contribution in [0.2, 0.25) is 0 Å². The van der Waals surface area contributed by atoms with Crippen LogP contribution in [0.4, 0.5) is 0 Å². The van der Waals surface area contributed by atoms with E-state index in [4.69, 9.17) is 4.42 Å². The number of nitrogens with zero attached hydrogens (tertiary/aromatic N) is 2. The van der Waals surface area contributed by atoms with Gasteiger partial charge in [-0.05, 0) is 23.3 Å². The third kappa shape index (κ3) is 8.10. The number of rotatable bonds is 0. The van der Waals surface area contributed by atoms with Crippen LogP contribution in [0, 0.1) is 0 Å². The van der Waals surface area contributed by atoms with Crippen molar-refractivity contribution >= 4 is 0 Å². The summed E-state index contributed by atoms with van der Waals surface area (Å²) in [6.45, 7) is 7.11. The molecule has 4 rings (SSSR count). The van der Waals surface area contributed by atoms with E-state index >= 15 is 0 Å². The van der Waals surface area contributed by atoms with Crippen molar-refractivity contribution in [3.8, 4) is 22.9 Å². The van der Waals surface area contributed by atoms with Gasteiger partial charge in [-0.3, -0.25) is 0 Å². The van der Waals surface area contributed by atoms with Gasteiger partial charge in [-0.25, -0.2) is 0 Å². The Balaban J connectivity index is 0.00000171. The Morgan fingerprint density at radius 1 is 0.562 bits per heavy atom. The van der Waals surface area contributed by atoms with Gasteiger partial charge in [0.1, 0.15) is 0 Å². The van der Waals surface area contributed by atoms with Crippen LogP contribution in [0.15, 0.2) is 52.9 Å². The maximum Gasteiger partial charge on any atom is 2.00 e. The van der Waals surface area contributed by atoms with E-state index < -0.39 is 0 Å². The number of hydrogen-bond acceptors (Lipinski definition) is 7. The van der Waals surface area contributed by atoms with Crippen LogP contribution >= 0.6 is 0 Å². The third-order valence-corrected chi connectivity index (χ3v) is 4.99. The molecule has 0 fully saturated rings. The Morgan fingerprint density at radius 3 is 1.38 bits per heavy atom. The minimum atomic E-state index is 0. The smallest absolute Gasteiger partial charge is 1.00 e. The van der Waals surface area contributed by atoms with Crippen LogP contribution in [0.1, 0.15) is 11.1 Å². The zero-order chi connectivity index (χ0) is 19.7. The quantitative estimate of drug-likeness (QED) is 0.191. The van der Waals surface area contributed by atoms with E-state index in [0.29, 0.717) is 11.8 Å². The predicted molar refractivity (Wildman–Crippen MR) is 114 cm³/mol. The van der Waals surface area contributed by atoms with Crippen LogP contribution in [0.3, 0.4) is 0 Å². The van der Waals surface area contributed by atoms with Crippen LogP contribution in [-0.4, -0.2) is 49.5 Å². The minimum absolute atomic E-state index is 0. The second-order valence-electron chi connectivity index (χ2n) is 7.08. The standard InChI is InChI=1S/C22H28N6O.2BrH.Zn/c1-3-7-19-17(5-1)15-25-13-11-23-9-10-24-12-14-26-16-18-6-2-4-8-20(18)22-28-27-21(19)29-22;;;/h1-8,23-26H,9-16H2;2*1H;/q;;;+2/p-2. The fourth-order valence-electron chi connectivity index (χ4n) is 3.43. The molecule has 3 aromatic rings. The van der Waals surface area contributed by atoms with E-state index in [2.05, 4.69) is 43.6 Å². The molecule has 32 heavy (non-hydrogen) atoms. The Hall–Kier alpha value is -0.997. The Morgan fingerprint density at radius 2 is 0.938 bits per heavy atom. The van der Waals surface area contributed by atoms with E-state index in [1.807, 2.05) is 36.4 Å². The second kappa shape index (κ2) is 15.8. The molecule has 7 nitrogen and oxygen atoms in total. The molecule has 1 aromatic heterocycles. The van der Waals surface area contributed by atoms with Crippen molar-refractivity contribution in [2.24, 2.45) is 0 Å². The molecule has 0 atom stereocenters. The average Bonchev–Trinajstić information content (AvgIpc) is 3.24. The van der Waals surface area contributed by atoms with Crippen molar-refractivity contribution < 1.29 is 57.9 Å². The second-order valence-corrected chi connectivity index (χ2v) is 7.08. The number of hydrogen-bond donors (Lipinski definition) is 4. The summed E-state index contributed by atoms with van der Waals surface area (Å²) in [5.41, 5.74) is 4.25. The van der Waals surface area contributed by atoms with E-state index in [1.165, 1.54) is 0 Å². The summed E-state index contributed by atoms with van der Waals surface area (Å²) < 4.78 is 6.10. The maximum absolute atomic E-state index is 6.10. The molecule has 2 heterocycles. The molecule has 4 N–H and O–H groups in total. The first kappa shape index (κ1) is 29.0. The molecule has 0 aliphatic carbocycles. The van der Waals surface area contributed by atoms with Gasteiger partial charge in [0.25, 0.3) is 0 Å². The van der Waals surface area contributed by atoms with Crippen molar-refractivity contribution in [1.82, 2.24) is 31.5 Å². The fourth-order valence-corrected chi connectivity index (χ4v) is 3.43. The molecule has 2 aromatic carbocycles. The Kier molecular flexibility index (Phi) is 14.3. The SMILES string of the molecule is [Br-].[Br-].[Zn+2].c1ccc2c(c1)CNCCNCCNCCNCc1ccccc1-c1nnc-2o1. The van der Waals surface area contributed by atoms with Gasteiger partial charge in [-0.15, -0.1) is 10.2 Å². The molecule has 168 valence electrons.